The number of likely N-dealkylation sites (tertiary alicyclic amines) is 1. The standard InChI is InChI=1S/C15H17NS/c1-2-8-16(9-3-1)12-5-4-11-10-14-15(17-14)13(11)7-6-12/h4-7,10,14-15H,1-3,8-9H2. The minimum atomic E-state index is 0.784. The molecule has 88 valence electrons. The Labute approximate surface area is 107 Å². The van der Waals surface area contributed by atoms with Gasteiger partial charge < -0.3 is 4.90 Å². The number of nitrogens with zero attached hydrogens (tertiary/aromatic N) is 1. The highest BCUT2D eigenvalue weighted by Gasteiger charge is 2.45. The zero-order valence-corrected chi connectivity index (χ0v) is 10.7. The number of fused-ring (bicyclic) bond motifs is 3. The normalized spacial score (nSPS) is 34.4. The molecule has 2 heteroatoms. The lowest BCUT2D eigenvalue weighted by atomic mass is 10.1. The summed E-state index contributed by atoms with van der Waals surface area (Å²) in [5.74, 6) is 0. The molecular formula is C15H17NS. The molecule has 0 saturated carbocycles. The number of thioether (sulfide) groups is 1. The third-order valence-electron chi connectivity index (χ3n) is 4.10. The van der Waals surface area contributed by atoms with Crippen LogP contribution in [0.25, 0.3) is 0 Å². The second-order valence-corrected chi connectivity index (χ2v) is 6.56. The van der Waals surface area contributed by atoms with E-state index in [0.717, 1.165) is 10.5 Å². The van der Waals surface area contributed by atoms with E-state index in [1.807, 2.05) is 0 Å². The van der Waals surface area contributed by atoms with Crippen molar-refractivity contribution in [2.24, 2.45) is 0 Å². The second-order valence-electron chi connectivity index (χ2n) is 5.24. The van der Waals surface area contributed by atoms with Gasteiger partial charge in [0.05, 0.1) is 0 Å². The molecule has 0 bridgehead atoms. The smallest absolute Gasteiger partial charge is 0.0463 e. The van der Waals surface area contributed by atoms with E-state index in [0.29, 0.717) is 0 Å². The quantitative estimate of drug-likeness (QED) is 0.650. The topological polar surface area (TPSA) is 3.24 Å². The van der Waals surface area contributed by atoms with E-state index < -0.39 is 0 Å². The molecule has 1 nitrogen and oxygen atoms in total. The van der Waals surface area contributed by atoms with Gasteiger partial charge in [0.15, 0.2) is 0 Å². The Morgan fingerprint density at radius 2 is 1.94 bits per heavy atom. The minimum absolute atomic E-state index is 0.784. The van der Waals surface area contributed by atoms with Gasteiger partial charge in [0.2, 0.25) is 0 Å². The summed E-state index contributed by atoms with van der Waals surface area (Å²) in [6, 6.07) is 0. The third-order valence-corrected chi connectivity index (χ3v) is 5.35. The molecule has 4 aliphatic rings. The largest absolute Gasteiger partial charge is 0.372 e. The summed E-state index contributed by atoms with van der Waals surface area (Å²) in [4.78, 5) is 2.54. The summed E-state index contributed by atoms with van der Waals surface area (Å²) in [6.45, 7) is 2.47. The molecule has 0 spiro atoms. The maximum absolute atomic E-state index is 2.54. The molecule has 2 saturated heterocycles. The minimum Gasteiger partial charge on any atom is -0.372 e. The van der Waals surface area contributed by atoms with Crippen LogP contribution in [0.3, 0.4) is 0 Å². The number of rotatable bonds is 1. The molecule has 0 aromatic heterocycles. The molecule has 2 unspecified atom stereocenters. The zero-order chi connectivity index (χ0) is 11.2. The summed E-state index contributed by atoms with van der Waals surface area (Å²) < 4.78 is 0. The lowest BCUT2D eigenvalue weighted by molar-refractivity contribution is 0.293. The predicted octanol–water partition coefficient (Wildman–Crippen LogP) is 3.28. The molecule has 0 radical (unpaired) electrons. The summed E-state index contributed by atoms with van der Waals surface area (Å²) in [7, 11) is 0. The first-order chi connectivity index (χ1) is 8.42. The van der Waals surface area contributed by atoms with Gasteiger partial charge in [0, 0.05) is 29.3 Å². The zero-order valence-electron chi connectivity index (χ0n) is 9.93. The molecule has 0 aromatic rings. The Kier molecular flexibility index (Phi) is 2.26. The van der Waals surface area contributed by atoms with Crippen molar-refractivity contribution in [1.82, 2.24) is 4.90 Å². The van der Waals surface area contributed by atoms with Gasteiger partial charge >= 0.3 is 0 Å². The number of hydrogen-bond donors (Lipinski definition) is 0. The van der Waals surface area contributed by atoms with E-state index in [9.17, 15) is 0 Å². The lowest BCUT2D eigenvalue weighted by Gasteiger charge is -2.29. The fraction of sp³-hybridized carbons (Fsp3) is 0.467. The van der Waals surface area contributed by atoms with Crippen LogP contribution in [0.15, 0.2) is 47.2 Å². The third kappa shape index (κ3) is 1.70. The van der Waals surface area contributed by atoms with Crippen LogP contribution in [-0.4, -0.2) is 28.5 Å². The Balaban J connectivity index is 1.62. The second kappa shape index (κ2) is 3.81. The van der Waals surface area contributed by atoms with Crippen molar-refractivity contribution in [3.8, 4) is 0 Å². The van der Waals surface area contributed by atoms with Crippen molar-refractivity contribution in [2.45, 2.75) is 29.8 Å². The fourth-order valence-corrected chi connectivity index (χ4v) is 4.11. The van der Waals surface area contributed by atoms with Gasteiger partial charge in [0.1, 0.15) is 0 Å². The van der Waals surface area contributed by atoms with Crippen LogP contribution in [0.1, 0.15) is 19.3 Å². The molecule has 0 amide bonds. The summed E-state index contributed by atoms with van der Waals surface area (Å²) in [5.41, 5.74) is 4.44. The number of allylic oxidation sites excluding steroid dienone is 5. The Bertz CT molecular complexity index is 463. The van der Waals surface area contributed by atoms with Crippen LogP contribution in [0.5, 0.6) is 0 Å². The first kappa shape index (κ1) is 10.1. The average molecular weight is 243 g/mol. The molecule has 2 aliphatic carbocycles. The molecule has 2 fully saturated rings. The molecule has 2 heterocycles. The molecule has 0 aromatic carbocycles. The van der Waals surface area contributed by atoms with Crippen LogP contribution in [0, 0.1) is 0 Å². The maximum atomic E-state index is 2.54. The molecule has 2 aliphatic heterocycles. The summed E-state index contributed by atoms with van der Waals surface area (Å²) >= 11 is 2.09. The maximum Gasteiger partial charge on any atom is 0.0463 e. The van der Waals surface area contributed by atoms with Gasteiger partial charge in [-0.1, -0.05) is 18.2 Å². The van der Waals surface area contributed by atoms with Crippen molar-refractivity contribution in [3.63, 3.8) is 0 Å². The molecule has 0 N–H and O–H groups in total. The van der Waals surface area contributed by atoms with Crippen LogP contribution >= 0.6 is 11.8 Å². The van der Waals surface area contributed by atoms with Crippen LogP contribution in [-0.2, 0) is 0 Å². The summed E-state index contributed by atoms with van der Waals surface area (Å²) in [6.07, 6.45) is 15.9. The SMILES string of the molecule is C1=CC(N2CCCCC2)=CC=C2C1=CC1SC21. The highest BCUT2D eigenvalue weighted by Crippen LogP contribution is 2.55. The molecule has 2 atom stereocenters. The highest BCUT2D eigenvalue weighted by atomic mass is 32.2. The van der Waals surface area contributed by atoms with Crippen molar-refractivity contribution in [2.75, 3.05) is 13.1 Å². The molecular weight excluding hydrogens is 226 g/mol. The van der Waals surface area contributed by atoms with Gasteiger partial charge in [-0.2, -0.15) is 0 Å². The Hall–Kier alpha value is -0.890. The van der Waals surface area contributed by atoms with Crippen molar-refractivity contribution >= 4 is 11.8 Å². The fourth-order valence-electron chi connectivity index (χ4n) is 3.05. The average Bonchev–Trinajstić information content (AvgIpc) is 3.10. The van der Waals surface area contributed by atoms with Crippen LogP contribution in [0.2, 0.25) is 0 Å². The van der Waals surface area contributed by atoms with Gasteiger partial charge in [-0.15, -0.1) is 11.8 Å². The van der Waals surface area contributed by atoms with E-state index in [2.05, 4.69) is 47.0 Å². The van der Waals surface area contributed by atoms with Gasteiger partial charge in [0.25, 0.3) is 0 Å². The monoisotopic (exact) mass is 243 g/mol. The van der Waals surface area contributed by atoms with E-state index >= 15 is 0 Å². The number of hydrogen-bond acceptors (Lipinski definition) is 2. The highest BCUT2D eigenvalue weighted by molar-refractivity contribution is 8.08. The van der Waals surface area contributed by atoms with E-state index in [4.69, 9.17) is 0 Å². The van der Waals surface area contributed by atoms with Crippen LogP contribution in [0.4, 0.5) is 0 Å². The van der Waals surface area contributed by atoms with Gasteiger partial charge in [-0.25, -0.2) is 0 Å². The van der Waals surface area contributed by atoms with Gasteiger partial charge in [-0.05, 0) is 42.6 Å². The van der Waals surface area contributed by atoms with Crippen molar-refractivity contribution in [1.29, 1.82) is 0 Å². The van der Waals surface area contributed by atoms with E-state index in [-0.39, 0.29) is 0 Å². The predicted molar refractivity (Wildman–Crippen MR) is 74.0 cm³/mol. The first-order valence-corrected chi connectivity index (χ1v) is 7.59. The summed E-state index contributed by atoms with van der Waals surface area (Å²) in [5, 5.41) is 1.58. The Morgan fingerprint density at radius 3 is 2.82 bits per heavy atom. The lowest BCUT2D eigenvalue weighted by Crippen LogP contribution is -2.28. The molecule has 4 rings (SSSR count). The molecule has 17 heavy (non-hydrogen) atoms. The Morgan fingerprint density at radius 1 is 1.06 bits per heavy atom. The van der Waals surface area contributed by atoms with Gasteiger partial charge in [-0.3, -0.25) is 0 Å². The van der Waals surface area contributed by atoms with E-state index in [1.165, 1.54) is 43.6 Å². The van der Waals surface area contributed by atoms with Crippen LogP contribution < -0.4 is 0 Å². The number of piperidine rings is 1. The first-order valence-electron chi connectivity index (χ1n) is 6.64. The van der Waals surface area contributed by atoms with Crippen molar-refractivity contribution < 1.29 is 0 Å². The van der Waals surface area contributed by atoms with E-state index in [1.54, 1.807) is 5.57 Å². The van der Waals surface area contributed by atoms with Crippen molar-refractivity contribution in [3.05, 3.63) is 47.2 Å².